The molecule has 0 unspecified atom stereocenters. The number of anilines is 2. The van der Waals surface area contributed by atoms with Crippen LogP contribution in [0.15, 0.2) is 45.7 Å². The Hall–Kier alpha value is -3.94. The van der Waals surface area contributed by atoms with Crippen molar-refractivity contribution in [3.05, 3.63) is 69.2 Å². The lowest BCUT2D eigenvalue weighted by Crippen LogP contribution is -2.54. The van der Waals surface area contributed by atoms with E-state index in [0.29, 0.717) is 72.3 Å². The number of pyridine rings is 2. The molecule has 5 N–H and O–H groups in total. The van der Waals surface area contributed by atoms with Gasteiger partial charge in [-0.15, -0.1) is 0 Å². The minimum absolute atomic E-state index is 0.103. The summed E-state index contributed by atoms with van der Waals surface area (Å²) in [5, 5.41) is 11.8. The number of hydrogen-bond donors (Lipinski definition) is 3. The monoisotopic (exact) mass is 702 g/mol. The number of fused-ring (bicyclic) bond motifs is 8. The summed E-state index contributed by atoms with van der Waals surface area (Å²) in [5.74, 6) is 1.99. The number of hydrogen-bond acceptors (Lipinski definition) is 13. The number of nitrogen functional groups attached to an aromatic ring is 2. The predicted molar refractivity (Wildman–Crippen MR) is 190 cm³/mol. The van der Waals surface area contributed by atoms with Gasteiger partial charge in [0, 0.05) is 58.9 Å². The lowest BCUT2D eigenvalue weighted by molar-refractivity contribution is -0.172. The smallest absolute Gasteiger partial charge is 0.341 e. The van der Waals surface area contributed by atoms with Crippen LogP contribution in [0.25, 0.3) is 22.2 Å². The molecular formula is C36H38N4O7S2. The van der Waals surface area contributed by atoms with Crippen molar-refractivity contribution in [3.8, 4) is 22.8 Å². The SMILES string of the molecule is Cc1cc(=O)c2c(O)c3c(cc2o1)O[C@@]1(C)CCSSCc2c(ccnc2N)-c2cc(cc(N)n2)CC[C@H]2O[C@@]24CCCC[C@H]3[C@H]1OC4=O. The Morgan fingerprint density at radius 1 is 1.06 bits per heavy atom. The Morgan fingerprint density at radius 2 is 1.92 bits per heavy atom. The maximum Gasteiger partial charge on any atom is 0.341 e. The largest absolute Gasteiger partial charge is 0.507 e. The summed E-state index contributed by atoms with van der Waals surface area (Å²) < 4.78 is 25.4. The number of benzene rings is 1. The fourth-order valence-corrected chi connectivity index (χ4v) is 10.2. The first kappa shape index (κ1) is 32.3. The molecule has 13 heteroatoms. The van der Waals surface area contributed by atoms with Gasteiger partial charge in [-0.25, -0.2) is 14.8 Å². The van der Waals surface area contributed by atoms with Gasteiger partial charge in [-0.3, -0.25) is 4.79 Å². The second-order valence-corrected chi connectivity index (χ2v) is 16.3. The van der Waals surface area contributed by atoms with Gasteiger partial charge in [0.25, 0.3) is 0 Å². The van der Waals surface area contributed by atoms with E-state index in [4.69, 9.17) is 30.1 Å². The molecule has 2 saturated heterocycles. The number of aryl methyl sites for hydroxylation is 2. The summed E-state index contributed by atoms with van der Waals surface area (Å²) >= 11 is 0. The molecule has 4 aliphatic heterocycles. The third-order valence-corrected chi connectivity index (χ3v) is 12.7. The molecule has 1 spiro atoms. The molecule has 0 radical (unpaired) electrons. The van der Waals surface area contributed by atoms with E-state index in [1.807, 2.05) is 25.1 Å². The van der Waals surface area contributed by atoms with Gasteiger partial charge in [0.15, 0.2) is 11.0 Å². The second kappa shape index (κ2) is 12.1. The minimum Gasteiger partial charge on any atom is -0.507 e. The van der Waals surface area contributed by atoms with Crippen molar-refractivity contribution in [1.29, 1.82) is 0 Å². The maximum absolute atomic E-state index is 14.2. The quantitative estimate of drug-likeness (QED) is 0.107. The fourth-order valence-electron chi connectivity index (χ4n) is 7.92. The normalized spacial score (nSPS) is 28.3. The molecule has 0 amide bonds. The topological polar surface area (TPSA) is 176 Å². The molecule has 4 aliphatic rings. The zero-order chi connectivity index (χ0) is 34.1. The third-order valence-electron chi connectivity index (χ3n) is 10.4. The summed E-state index contributed by atoms with van der Waals surface area (Å²) in [4.78, 5) is 36.3. The molecule has 5 atom stereocenters. The molecule has 49 heavy (non-hydrogen) atoms. The average Bonchev–Trinajstić information content (AvgIpc) is 3.75. The Kier molecular flexibility index (Phi) is 7.99. The van der Waals surface area contributed by atoms with Crippen LogP contribution in [0.4, 0.5) is 11.6 Å². The number of esters is 1. The van der Waals surface area contributed by atoms with E-state index in [1.165, 1.54) is 6.07 Å². The predicted octanol–water partition coefficient (Wildman–Crippen LogP) is 6.20. The van der Waals surface area contributed by atoms with Crippen LogP contribution in [0.2, 0.25) is 0 Å². The van der Waals surface area contributed by atoms with Gasteiger partial charge in [-0.05, 0) is 69.7 Å². The number of carbonyl (C=O) groups is 1. The molecule has 1 aromatic carbocycles. The van der Waals surface area contributed by atoms with E-state index in [2.05, 4.69) is 9.97 Å². The van der Waals surface area contributed by atoms with E-state index < -0.39 is 29.2 Å². The van der Waals surface area contributed by atoms with Gasteiger partial charge in [-0.1, -0.05) is 28.0 Å². The van der Waals surface area contributed by atoms with Gasteiger partial charge in [0.05, 0.1) is 11.8 Å². The number of phenolic OH excluding ortho intramolecular Hbond substituents is 1. The van der Waals surface area contributed by atoms with Crippen LogP contribution in [0.1, 0.15) is 73.8 Å². The van der Waals surface area contributed by atoms with Crippen molar-refractivity contribution in [2.75, 3.05) is 17.2 Å². The number of carbonyl (C=O) groups excluding carboxylic acids is 1. The number of phenols is 1. The maximum atomic E-state index is 14.2. The van der Waals surface area contributed by atoms with E-state index in [1.54, 1.807) is 40.8 Å². The Morgan fingerprint density at radius 3 is 2.78 bits per heavy atom. The van der Waals surface area contributed by atoms with Crippen LogP contribution in [0, 0.1) is 6.92 Å². The highest BCUT2D eigenvalue weighted by molar-refractivity contribution is 8.76. The van der Waals surface area contributed by atoms with Gasteiger partial charge >= 0.3 is 5.97 Å². The van der Waals surface area contributed by atoms with Crippen LogP contribution < -0.4 is 21.6 Å². The minimum atomic E-state index is -1.05. The van der Waals surface area contributed by atoms with Gasteiger partial charge in [0.1, 0.15) is 51.6 Å². The molecule has 4 bridgehead atoms. The molecule has 0 saturated carbocycles. The van der Waals surface area contributed by atoms with Crippen molar-refractivity contribution >= 4 is 50.2 Å². The summed E-state index contributed by atoms with van der Waals surface area (Å²) in [6.45, 7) is 3.66. The molecule has 11 nitrogen and oxygen atoms in total. The lowest BCUT2D eigenvalue weighted by Gasteiger charge is -2.46. The van der Waals surface area contributed by atoms with Crippen LogP contribution in [0.3, 0.4) is 0 Å². The molecule has 7 heterocycles. The Labute approximate surface area is 290 Å². The van der Waals surface area contributed by atoms with Gasteiger partial charge in [-0.2, -0.15) is 0 Å². The van der Waals surface area contributed by atoms with Crippen molar-refractivity contribution in [2.24, 2.45) is 0 Å². The molecular weight excluding hydrogens is 665 g/mol. The second-order valence-electron chi connectivity index (χ2n) is 13.7. The molecule has 3 aromatic heterocycles. The first-order valence-corrected chi connectivity index (χ1v) is 19.2. The van der Waals surface area contributed by atoms with Crippen molar-refractivity contribution < 1.29 is 28.5 Å². The molecule has 4 aromatic rings. The zero-order valence-corrected chi connectivity index (χ0v) is 29.0. The van der Waals surface area contributed by atoms with E-state index in [-0.39, 0.29) is 28.3 Å². The highest BCUT2D eigenvalue weighted by atomic mass is 33.1. The van der Waals surface area contributed by atoms with E-state index >= 15 is 0 Å². The molecule has 8 rings (SSSR count). The zero-order valence-electron chi connectivity index (χ0n) is 27.3. The molecule has 0 aliphatic carbocycles. The first-order valence-electron chi connectivity index (χ1n) is 16.7. The van der Waals surface area contributed by atoms with Crippen LogP contribution in [0.5, 0.6) is 11.5 Å². The van der Waals surface area contributed by atoms with Crippen molar-refractivity contribution in [2.45, 2.75) is 93.9 Å². The highest BCUT2D eigenvalue weighted by Gasteiger charge is 2.64. The Bertz CT molecular complexity index is 2060. The summed E-state index contributed by atoms with van der Waals surface area (Å²) in [5.41, 5.74) is 14.6. The van der Waals surface area contributed by atoms with Crippen LogP contribution in [-0.4, -0.2) is 50.2 Å². The van der Waals surface area contributed by atoms with Crippen LogP contribution in [-0.2, 0) is 26.4 Å². The lowest BCUT2D eigenvalue weighted by atomic mass is 9.76. The first-order chi connectivity index (χ1) is 23.6. The number of epoxide rings is 1. The number of ether oxygens (including phenoxy) is 3. The highest BCUT2D eigenvalue weighted by Crippen LogP contribution is 2.55. The third kappa shape index (κ3) is 5.59. The Balaban J connectivity index is 1.20. The average molecular weight is 703 g/mol. The van der Waals surface area contributed by atoms with Crippen LogP contribution >= 0.6 is 21.6 Å². The number of aromatic nitrogens is 2. The molecule has 2 fully saturated rings. The van der Waals surface area contributed by atoms with E-state index in [0.717, 1.165) is 35.2 Å². The number of nitrogens with two attached hydrogens (primary N) is 2. The fraction of sp³-hybridized carbons (Fsp3) is 0.444. The number of nitrogens with zero attached hydrogens (tertiary/aromatic N) is 2. The number of aromatic hydroxyl groups is 1. The summed E-state index contributed by atoms with van der Waals surface area (Å²) in [6.07, 6.45) is 5.06. The summed E-state index contributed by atoms with van der Waals surface area (Å²) in [7, 11) is 3.31. The van der Waals surface area contributed by atoms with Gasteiger partial charge in [0.2, 0.25) is 0 Å². The standard InChI is InChI=1S/C36H38N4O7S2/c1-18-13-24(41)30-25(44-18)16-26-29(31(30)42)21-5-3-4-9-36-27(47-36)7-6-19-14-23(40-28(37)15-19)20-8-11-39-33(38)22(20)17-49-48-12-10-35(2,46-26)32(21)45-34(36)43/h8,11,13-16,21,27,32,42H,3-7,9-10,12,17H2,1-2H3,(H2,37,40)(H2,38,39)/t21-,27-,32-,35+,36+/m1/s1. The van der Waals surface area contributed by atoms with Crippen molar-refractivity contribution in [3.63, 3.8) is 0 Å². The van der Waals surface area contributed by atoms with Crippen molar-refractivity contribution in [1.82, 2.24) is 9.97 Å². The van der Waals surface area contributed by atoms with E-state index in [9.17, 15) is 14.7 Å². The van der Waals surface area contributed by atoms with Gasteiger partial charge < -0.3 is 35.2 Å². The number of rotatable bonds is 0. The molecule has 256 valence electrons. The summed E-state index contributed by atoms with van der Waals surface area (Å²) in [6, 6.07) is 8.87.